The van der Waals surface area contributed by atoms with Gasteiger partial charge in [-0.1, -0.05) is 30.3 Å². The largest absolute Gasteiger partial charge is 0.356 e. The third-order valence-electron chi connectivity index (χ3n) is 4.08. The fourth-order valence-corrected chi connectivity index (χ4v) is 2.55. The summed E-state index contributed by atoms with van der Waals surface area (Å²) in [5.74, 6) is 2.05. The standard InChI is InChI=1S/C20H24N6O/c1-3-18-25-19(27-26-18)16-9-7-15(8-10-16)11-13-23-20(21-2)24-14-17-6-4-5-12-22-17/h4-10,12H,3,11,13-14H2,1-2H3,(H2,21,23,24). The first-order chi connectivity index (χ1) is 13.3. The van der Waals surface area contributed by atoms with Gasteiger partial charge in [0.05, 0.1) is 12.2 Å². The highest BCUT2D eigenvalue weighted by Crippen LogP contribution is 2.18. The Labute approximate surface area is 158 Å². The van der Waals surface area contributed by atoms with Crippen LogP contribution in [0.4, 0.5) is 0 Å². The Bertz CT molecular complexity index is 858. The quantitative estimate of drug-likeness (QED) is 0.495. The molecule has 0 saturated carbocycles. The summed E-state index contributed by atoms with van der Waals surface area (Å²) in [5.41, 5.74) is 3.14. The van der Waals surface area contributed by atoms with Crippen molar-refractivity contribution < 1.29 is 4.52 Å². The summed E-state index contributed by atoms with van der Waals surface area (Å²) in [7, 11) is 1.76. The van der Waals surface area contributed by atoms with Crippen LogP contribution in [0.15, 0.2) is 58.2 Å². The number of hydrogen-bond acceptors (Lipinski definition) is 5. The van der Waals surface area contributed by atoms with E-state index in [1.807, 2.05) is 37.3 Å². The fraction of sp³-hybridized carbons (Fsp3) is 0.300. The zero-order valence-corrected chi connectivity index (χ0v) is 15.6. The molecule has 0 amide bonds. The average molecular weight is 364 g/mol. The molecule has 0 aliphatic heterocycles. The first-order valence-electron chi connectivity index (χ1n) is 9.05. The summed E-state index contributed by atoms with van der Waals surface area (Å²) >= 11 is 0. The Kier molecular flexibility index (Phi) is 6.51. The van der Waals surface area contributed by atoms with Crippen molar-refractivity contribution in [2.24, 2.45) is 4.99 Å². The Morgan fingerprint density at radius 1 is 1.11 bits per heavy atom. The monoisotopic (exact) mass is 364 g/mol. The molecule has 0 saturated heterocycles. The Balaban J connectivity index is 1.46. The number of guanidine groups is 1. The Morgan fingerprint density at radius 3 is 2.63 bits per heavy atom. The predicted molar refractivity (Wildman–Crippen MR) is 105 cm³/mol. The van der Waals surface area contributed by atoms with Crippen LogP contribution in [-0.4, -0.2) is 34.7 Å². The fourth-order valence-electron chi connectivity index (χ4n) is 2.55. The van der Waals surface area contributed by atoms with E-state index >= 15 is 0 Å². The van der Waals surface area contributed by atoms with Gasteiger partial charge < -0.3 is 15.2 Å². The highest BCUT2D eigenvalue weighted by atomic mass is 16.5. The molecule has 3 aromatic rings. The maximum Gasteiger partial charge on any atom is 0.257 e. The van der Waals surface area contributed by atoms with Gasteiger partial charge in [0.1, 0.15) is 0 Å². The number of rotatable bonds is 7. The number of aliphatic imine (C=N–C) groups is 1. The third-order valence-corrected chi connectivity index (χ3v) is 4.08. The molecule has 2 N–H and O–H groups in total. The molecule has 0 bridgehead atoms. The molecular weight excluding hydrogens is 340 g/mol. The molecule has 3 rings (SSSR count). The molecule has 0 aliphatic carbocycles. The van der Waals surface area contributed by atoms with E-state index < -0.39 is 0 Å². The van der Waals surface area contributed by atoms with Crippen molar-refractivity contribution >= 4 is 5.96 Å². The molecule has 2 aromatic heterocycles. The minimum atomic E-state index is 0.565. The van der Waals surface area contributed by atoms with Crippen molar-refractivity contribution in [1.29, 1.82) is 0 Å². The van der Waals surface area contributed by atoms with Crippen LogP contribution in [0.5, 0.6) is 0 Å². The zero-order chi connectivity index (χ0) is 18.9. The van der Waals surface area contributed by atoms with Crippen LogP contribution in [0.2, 0.25) is 0 Å². The maximum atomic E-state index is 5.27. The van der Waals surface area contributed by atoms with Crippen molar-refractivity contribution in [1.82, 2.24) is 25.8 Å². The van der Waals surface area contributed by atoms with Crippen LogP contribution in [0.3, 0.4) is 0 Å². The minimum absolute atomic E-state index is 0.565. The number of aryl methyl sites for hydroxylation is 1. The van der Waals surface area contributed by atoms with Crippen LogP contribution >= 0.6 is 0 Å². The van der Waals surface area contributed by atoms with Gasteiger partial charge in [0, 0.05) is 31.8 Å². The van der Waals surface area contributed by atoms with E-state index in [1.165, 1.54) is 5.56 Å². The summed E-state index contributed by atoms with van der Waals surface area (Å²) in [4.78, 5) is 12.9. The van der Waals surface area contributed by atoms with Gasteiger partial charge >= 0.3 is 0 Å². The van der Waals surface area contributed by atoms with Crippen LogP contribution in [0.25, 0.3) is 11.5 Å². The third kappa shape index (κ3) is 5.37. The summed E-state index contributed by atoms with van der Waals surface area (Å²) in [6.07, 6.45) is 3.44. The van der Waals surface area contributed by atoms with Crippen LogP contribution in [0.1, 0.15) is 24.0 Å². The molecule has 0 fully saturated rings. The summed E-state index contributed by atoms with van der Waals surface area (Å²) < 4.78 is 5.27. The van der Waals surface area contributed by atoms with E-state index in [2.05, 4.69) is 42.9 Å². The van der Waals surface area contributed by atoms with Gasteiger partial charge in [-0.2, -0.15) is 4.98 Å². The number of nitrogens with zero attached hydrogens (tertiary/aromatic N) is 4. The second-order valence-corrected chi connectivity index (χ2v) is 5.99. The first-order valence-corrected chi connectivity index (χ1v) is 9.05. The lowest BCUT2D eigenvalue weighted by Gasteiger charge is -2.11. The SMILES string of the molecule is CCc1noc(-c2ccc(CCNC(=NC)NCc3ccccn3)cc2)n1. The predicted octanol–water partition coefficient (Wildman–Crippen LogP) is 2.60. The second kappa shape index (κ2) is 9.47. The topological polar surface area (TPSA) is 88.2 Å². The van der Waals surface area contributed by atoms with Gasteiger partial charge in [0.15, 0.2) is 11.8 Å². The molecule has 140 valence electrons. The first kappa shape index (κ1) is 18.6. The van der Waals surface area contributed by atoms with Gasteiger partial charge in [-0.25, -0.2) is 0 Å². The zero-order valence-electron chi connectivity index (χ0n) is 15.6. The normalized spacial score (nSPS) is 11.4. The number of aromatic nitrogens is 3. The average Bonchev–Trinajstić information content (AvgIpc) is 3.21. The van der Waals surface area contributed by atoms with Gasteiger partial charge in [-0.3, -0.25) is 9.98 Å². The van der Waals surface area contributed by atoms with Gasteiger partial charge in [0.2, 0.25) is 0 Å². The van der Waals surface area contributed by atoms with E-state index in [-0.39, 0.29) is 0 Å². The van der Waals surface area contributed by atoms with Crippen molar-refractivity contribution in [3.8, 4) is 11.5 Å². The summed E-state index contributed by atoms with van der Waals surface area (Å²) in [5, 5.41) is 10.5. The number of nitrogens with one attached hydrogen (secondary N) is 2. The van der Waals surface area contributed by atoms with E-state index in [0.717, 1.165) is 42.4 Å². The van der Waals surface area contributed by atoms with E-state index in [9.17, 15) is 0 Å². The molecule has 0 atom stereocenters. The lowest BCUT2D eigenvalue weighted by Crippen LogP contribution is -2.38. The Hall–Kier alpha value is -3.22. The van der Waals surface area contributed by atoms with Crippen LogP contribution in [0, 0.1) is 0 Å². The lowest BCUT2D eigenvalue weighted by atomic mass is 10.1. The molecule has 1 aromatic carbocycles. The van der Waals surface area contributed by atoms with Gasteiger partial charge in [-0.05, 0) is 36.2 Å². The summed E-state index contributed by atoms with van der Waals surface area (Å²) in [6, 6.07) is 14.0. The van der Waals surface area contributed by atoms with Crippen LogP contribution < -0.4 is 10.6 Å². The van der Waals surface area contributed by atoms with Crippen molar-refractivity contribution in [3.63, 3.8) is 0 Å². The van der Waals surface area contributed by atoms with E-state index in [1.54, 1.807) is 13.2 Å². The molecule has 0 aliphatic rings. The molecule has 7 nitrogen and oxygen atoms in total. The van der Waals surface area contributed by atoms with Crippen molar-refractivity contribution in [2.75, 3.05) is 13.6 Å². The molecular formula is C20H24N6O. The molecule has 0 spiro atoms. The van der Waals surface area contributed by atoms with Crippen molar-refractivity contribution in [3.05, 3.63) is 65.7 Å². The highest BCUT2D eigenvalue weighted by Gasteiger charge is 2.07. The summed E-state index contributed by atoms with van der Waals surface area (Å²) in [6.45, 7) is 3.42. The van der Waals surface area contributed by atoms with Gasteiger partial charge in [-0.15, -0.1) is 0 Å². The van der Waals surface area contributed by atoms with Crippen LogP contribution in [-0.2, 0) is 19.4 Å². The lowest BCUT2D eigenvalue weighted by molar-refractivity contribution is 0.423. The number of hydrogen-bond donors (Lipinski definition) is 2. The molecule has 0 unspecified atom stereocenters. The second-order valence-electron chi connectivity index (χ2n) is 5.99. The molecule has 7 heteroatoms. The van der Waals surface area contributed by atoms with E-state index in [0.29, 0.717) is 12.4 Å². The number of pyridine rings is 1. The number of benzene rings is 1. The maximum absolute atomic E-state index is 5.27. The molecule has 0 radical (unpaired) electrons. The van der Waals surface area contributed by atoms with Gasteiger partial charge in [0.25, 0.3) is 5.89 Å². The molecule has 27 heavy (non-hydrogen) atoms. The smallest absolute Gasteiger partial charge is 0.257 e. The minimum Gasteiger partial charge on any atom is -0.356 e. The molecule has 2 heterocycles. The van der Waals surface area contributed by atoms with Crippen molar-refractivity contribution in [2.45, 2.75) is 26.3 Å². The highest BCUT2D eigenvalue weighted by molar-refractivity contribution is 5.79. The van der Waals surface area contributed by atoms with E-state index in [4.69, 9.17) is 4.52 Å². The Morgan fingerprint density at radius 2 is 1.96 bits per heavy atom.